The number of hydrogen-bond donors (Lipinski definition) is 0. The van der Waals surface area contributed by atoms with E-state index in [1.807, 2.05) is 19.2 Å². The van der Waals surface area contributed by atoms with Crippen LogP contribution in [0.4, 0.5) is 0 Å². The van der Waals surface area contributed by atoms with E-state index in [9.17, 15) is 4.79 Å². The molecule has 0 saturated carbocycles. The molecule has 1 aromatic carbocycles. The minimum absolute atomic E-state index is 0.0353. The summed E-state index contributed by atoms with van der Waals surface area (Å²) in [7, 11) is 4.64. The molecule has 0 radical (unpaired) electrons. The standard InChI is InChI=1S/C23H29N5O6S/c1-14-10-19(28-22(24-14)25-23(26-28)35-5)34-13-16-12-27(8-9-33-16)18(29)11-15-6-7-17(30-2)21(32-4)20(15)31-3/h6-7,10,16H,8-9,11-13H2,1-5H3. The van der Waals surface area contributed by atoms with Gasteiger partial charge in [0.15, 0.2) is 11.5 Å². The molecule has 1 saturated heterocycles. The van der Waals surface area contributed by atoms with Gasteiger partial charge in [-0.1, -0.05) is 17.8 Å². The zero-order chi connectivity index (χ0) is 24.9. The molecule has 3 aromatic rings. The van der Waals surface area contributed by atoms with Gasteiger partial charge in [-0.05, 0) is 19.2 Å². The van der Waals surface area contributed by atoms with Gasteiger partial charge in [0.05, 0.1) is 40.9 Å². The number of methoxy groups -OCH3 is 3. The van der Waals surface area contributed by atoms with Crippen LogP contribution in [0.15, 0.2) is 23.4 Å². The van der Waals surface area contributed by atoms with Crippen molar-refractivity contribution in [2.75, 3.05) is 53.9 Å². The average Bonchev–Trinajstić information content (AvgIpc) is 3.30. The molecule has 1 atom stereocenters. The second-order valence-electron chi connectivity index (χ2n) is 7.86. The number of aryl methyl sites for hydroxylation is 1. The zero-order valence-corrected chi connectivity index (χ0v) is 21.3. The van der Waals surface area contributed by atoms with Crippen LogP contribution >= 0.6 is 11.8 Å². The van der Waals surface area contributed by atoms with E-state index in [-0.39, 0.29) is 25.0 Å². The van der Waals surface area contributed by atoms with Crippen LogP contribution in [0.25, 0.3) is 5.78 Å². The average molecular weight is 504 g/mol. The largest absolute Gasteiger partial charge is 0.493 e. The van der Waals surface area contributed by atoms with Gasteiger partial charge in [-0.25, -0.2) is 4.98 Å². The van der Waals surface area contributed by atoms with Crippen LogP contribution in [0.5, 0.6) is 23.1 Å². The molecule has 1 aliphatic heterocycles. The lowest BCUT2D eigenvalue weighted by molar-refractivity contribution is -0.139. The van der Waals surface area contributed by atoms with Gasteiger partial charge in [0.25, 0.3) is 5.78 Å². The van der Waals surface area contributed by atoms with Gasteiger partial charge in [-0.3, -0.25) is 4.79 Å². The predicted molar refractivity (Wildman–Crippen MR) is 129 cm³/mol. The first-order valence-electron chi connectivity index (χ1n) is 11.1. The molecule has 1 unspecified atom stereocenters. The number of thioether (sulfide) groups is 1. The minimum atomic E-state index is -0.285. The summed E-state index contributed by atoms with van der Waals surface area (Å²) < 4.78 is 29.8. The molecule has 0 N–H and O–H groups in total. The lowest BCUT2D eigenvalue weighted by Gasteiger charge is -2.33. The highest BCUT2D eigenvalue weighted by atomic mass is 32.2. The van der Waals surface area contributed by atoms with Crippen molar-refractivity contribution in [3.8, 4) is 23.1 Å². The fraction of sp³-hybridized carbons (Fsp3) is 0.478. The maximum absolute atomic E-state index is 13.1. The Labute approximate surface area is 207 Å². The summed E-state index contributed by atoms with van der Waals surface area (Å²) in [5.41, 5.74) is 1.50. The molecule has 1 amide bonds. The van der Waals surface area contributed by atoms with Crippen molar-refractivity contribution in [1.29, 1.82) is 0 Å². The number of rotatable bonds is 9. The third kappa shape index (κ3) is 5.38. The van der Waals surface area contributed by atoms with E-state index in [2.05, 4.69) is 15.1 Å². The van der Waals surface area contributed by atoms with Crippen molar-refractivity contribution in [3.63, 3.8) is 0 Å². The highest BCUT2D eigenvalue weighted by Gasteiger charge is 2.27. The summed E-state index contributed by atoms with van der Waals surface area (Å²) in [6.07, 6.45) is 1.78. The number of aromatic nitrogens is 4. The fourth-order valence-electron chi connectivity index (χ4n) is 3.93. The number of morpholine rings is 1. The molecule has 2 aromatic heterocycles. The molecule has 35 heavy (non-hydrogen) atoms. The van der Waals surface area contributed by atoms with E-state index in [1.165, 1.54) is 18.9 Å². The molecule has 0 bridgehead atoms. The van der Waals surface area contributed by atoms with Crippen molar-refractivity contribution in [1.82, 2.24) is 24.5 Å². The molecule has 188 valence electrons. The highest BCUT2D eigenvalue weighted by Crippen LogP contribution is 2.40. The van der Waals surface area contributed by atoms with Gasteiger partial charge in [-0.2, -0.15) is 9.50 Å². The Morgan fingerprint density at radius 3 is 2.69 bits per heavy atom. The molecule has 12 heteroatoms. The first-order valence-corrected chi connectivity index (χ1v) is 12.3. The van der Waals surface area contributed by atoms with Gasteiger partial charge in [0, 0.05) is 23.9 Å². The van der Waals surface area contributed by atoms with Crippen molar-refractivity contribution >= 4 is 23.4 Å². The number of fused-ring (bicyclic) bond motifs is 1. The topological polar surface area (TPSA) is 110 Å². The Balaban J connectivity index is 1.42. The van der Waals surface area contributed by atoms with Gasteiger partial charge < -0.3 is 28.6 Å². The van der Waals surface area contributed by atoms with E-state index < -0.39 is 0 Å². The Hall–Kier alpha value is -3.25. The van der Waals surface area contributed by atoms with Crippen molar-refractivity contribution < 1.29 is 28.5 Å². The van der Waals surface area contributed by atoms with Gasteiger partial charge in [0.1, 0.15) is 12.7 Å². The Morgan fingerprint density at radius 2 is 1.97 bits per heavy atom. The summed E-state index contributed by atoms with van der Waals surface area (Å²) in [6.45, 7) is 3.48. The molecule has 0 aliphatic carbocycles. The summed E-state index contributed by atoms with van der Waals surface area (Å²) in [5, 5.41) is 5.03. The third-order valence-corrected chi connectivity index (χ3v) is 6.14. The maximum Gasteiger partial charge on any atom is 0.256 e. The van der Waals surface area contributed by atoms with Crippen LogP contribution in [0.3, 0.4) is 0 Å². The number of carbonyl (C=O) groups excluding carboxylic acids is 1. The Morgan fingerprint density at radius 1 is 1.17 bits per heavy atom. The quantitative estimate of drug-likeness (QED) is 0.402. The fourth-order valence-corrected chi connectivity index (χ4v) is 4.26. The smallest absolute Gasteiger partial charge is 0.256 e. The van der Waals surface area contributed by atoms with Crippen LogP contribution in [-0.4, -0.2) is 90.4 Å². The third-order valence-electron chi connectivity index (χ3n) is 5.61. The second kappa shape index (κ2) is 11.0. The Kier molecular flexibility index (Phi) is 7.81. The molecular weight excluding hydrogens is 474 g/mol. The number of amides is 1. The first-order chi connectivity index (χ1) is 17.0. The van der Waals surface area contributed by atoms with Crippen LogP contribution in [0, 0.1) is 6.92 Å². The molecule has 0 spiro atoms. The van der Waals surface area contributed by atoms with E-state index >= 15 is 0 Å². The lowest BCUT2D eigenvalue weighted by Crippen LogP contribution is -2.48. The van der Waals surface area contributed by atoms with E-state index in [4.69, 9.17) is 23.7 Å². The second-order valence-corrected chi connectivity index (χ2v) is 8.63. The minimum Gasteiger partial charge on any atom is -0.493 e. The number of carbonyl (C=O) groups is 1. The molecular formula is C23H29N5O6S. The maximum atomic E-state index is 13.1. The van der Waals surface area contributed by atoms with Crippen molar-refractivity contribution in [2.24, 2.45) is 0 Å². The van der Waals surface area contributed by atoms with E-state index in [0.717, 1.165) is 11.3 Å². The van der Waals surface area contributed by atoms with Crippen LogP contribution in [0.1, 0.15) is 11.3 Å². The molecule has 3 heterocycles. The summed E-state index contributed by atoms with van der Waals surface area (Å²) in [4.78, 5) is 23.7. The van der Waals surface area contributed by atoms with Gasteiger partial charge >= 0.3 is 0 Å². The molecule has 1 aliphatic rings. The van der Waals surface area contributed by atoms with Crippen molar-refractivity contribution in [3.05, 3.63) is 29.5 Å². The lowest BCUT2D eigenvalue weighted by atomic mass is 10.1. The van der Waals surface area contributed by atoms with Crippen LogP contribution < -0.4 is 18.9 Å². The van der Waals surface area contributed by atoms with Crippen molar-refractivity contribution in [2.45, 2.75) is 24.6 Å². The van der Waals surface area contributed by atoms with Gasteiger partial charge in [0.2, 0.25) is 22.7 Å². The molecule has 4 rings (SSSR count). The van der Waals surface area contributed by atoms with Crippen LogP contribution in [-0.2, 0) is 16.0 Å². The summed E-state index contributed by atoms with van der Waals surface area (Å²) >= 11 is 1.43. The van der Waals surface area contributed by atoms with Crippen LogP contribution in [0.2, 0.25) is 0 Å². The number of hydrogen-bond acceptors (Lipinski definition) is 10. The summed E-state index contributed by atoms with van der Waals surface area (Å²) in [6, 6.07) is 5.39. The normalized spacial score (nSPS) is 15.8. The number of nitrogens with zero attached hydrogens (tertiary/aromatic N) is 5. The SMILES string of the molecule is COc1ccc(CC(=O)N2CCOC(COc3cc(C)nc4nc(SC)nn34)C2)c(OC)c1OC. The summed E-state index contributed by atoms with van der Waals surface area (Å²) in [5.74, 6) is 2.47. The van der Waals surface area contributed by atoms with E-state index in [1.54, 1.807) is 35.8 Å². The molecule has 11 nitrogen and oxygen atoms in total. The Bertz CT molecular complexity index is 1200. The predicted octanol–water partition coefficient (Wildman–Crippen LogP) is 2.03. The number of ether oxygens (including phenoxy) is 5. The highest BCUT2D eigenvalue weighted by molar-refractivity contribution is 7.98. The van der Waals surface area contributed by atoms with Gasteiger partial charge in [-0.15, -0.1) is 5.10 Å². The monoisotopic (exact) mass is 503 g/mol. The first kappa shape index (κ1) is 24.9. The zero-order valence-electron chi connectivity index (χ0n) is 20.4. The molecule has 1 fully saturated rings. The van der Waals surface area contributed by atoms with E-state index in [0.29, 0.717) is 53.8 Å². The number of benzene rings is 1.